The van der Waals surface area contributed by atoms with E-state index in [4.69, 9.17) is 4.74 Å². The van der Waals surface area contributed by atoms with E-state index in [0.29, 0.717) is 5.75 Å². The fourth-order valence-electron chi connectivity index (χ4n) is 3.38. The molecule has 118 valence electrons. The van der Waals surface area contributed by atoms with Crippen LogP contribution in [0.15, 0.2) is 42.6 Å². The number of fused-ring (bicyclic) bond motifs is 3. The number of carbonyl (C=O) groups is 1. The molecule has 4 atom stereocenters. The molecular weight excluding hydrogens is 295 g/mol. The van der Waals surface area contributed by atoms with Crippen LogP contribution < -0.4 is 10.1 Å². The quantitative estimate of drug-likeness (QED) is 0.944. The Bertz CT molecular complexity index is 750. The molecule has 0 radical (unpaired) electrons. The van der Waals surface area contributed by atoms with Gasteiger partial charge in [0.15, 0.2) is 0 Å². The SMILES string of the molecule is CCC(NC(=O)C1C2Oc3ccc(F)cc3C21)c1ccccn1. The average molecular weight is 312 g/mol. The molecule has 5 heteroatoms. The van der Waals surface area contributed by atoms with Gasteiger partial charge in [0.1, 0.15) is 17.7 Å². The minimum atomic E-state index is -0.293. The van der Waals surface area contributed by atoms with Crippen LogP contribution in [0.5, 0.6) is 5.75 Å². The van der Waals surface area contributed by atoms with Crippen LogP contribution in [0.1, 0.15) is 36.6 Å². The van der Waals surface area contributed by atoms with Gasteiger partial charge in [-0.15, -0.1) is 0 Å². The molecule has 23 heavy (non-hydrogen) atoms. The first kappa shape index (κ1) is 14.2. The fourth-order valence-corrected chi connectivity index (χ4v) is 3.38. The first-order chi connectivity index (χ1) is 11.2. The van der Waals surface area contributed by atoms with E-state index in [2.05, 4.69) is 10.3 Å². The van der Waals surface area contributed by atoms with Crippen molar-refractivity contribution in [2.45, 2.75) is 31.4 Å². The molecular formula is C18H17FN2O2. The number of amides is 1. The molecule has 4 nitrogen and oxygen atoms in total. The number of carbonyl (C=O) groups excluding carboxylic acids is 1. The van der Waals surface area contributed by atoms with Gasteiger partial charge in [-0.2, -0.15) is 0 Å². The highest BCUT2D eigenvalue weighted by Gasteiger charge is 2.62. The standard InChI is InChI=1S/C18H17FN2O2/c1-2-12(13-5-3-4-8-20-13)21-18(22)16-15-11-9-10(19)6-7-14(11)23-17(15)16/h3-9,12,15-17H,2H2,1H3,(H,21,22). The number of ether oxygens (including phenoxy) is 1. The van der Waals surface area contributed by atoms with Gasteiger partial charge in [0.2, 0.25) is 5.91 Å². The summed E-state index contributed by atoms with van der Waals surface area (Å²) < 4.78 is 19.2. The summed E-state index contributed by atoms with van der Waals surface area (Å²) >= 11 is 0. The third-order valence-electron chi connectivity index (χ3n) is 4.62. The van der Waals surface area contributed by atoms with Crippen molar-refractivity contribution in [3.8, 4) is 5.75 Å². The maximum absolute atomic E-state index is 13.4. The Morgan fingerprint density at radius 2 is 2.26 bits per heavy atom. The fraction of sp³-hybridized carbons (Fsp3) is 0.333. The number of halogens is 1. The number of nitrogens with zero attached hydrogens (tertiary/aromatic N) is 1. The molecule has 2 aliphatic rings. The van der Waals surface area contributed by atoms with Crippen molar-refractivity contribution in [3.63, 3.8) is 0 Å². The molecule has 2 aromatic rings. The lowest BCUT2D eigenvalue weighted by molar-refractivity contribution is -0.123. The summed E-state index contributed by atoms with van der Waals surface area (Å²) in [6, 6.07) is 10.0. The highest BCUT2D eigenvalue weighted by atomic mass is 19.1. The normalized spacial score (nSPS) is 25.0. The third-order valence-corrected chi connectivity index (χ3v) is 4.62. The predicted octanol–water partition coefficient (Wildman–Crippen LogP) is 2.96. The summed E-state index contributed by atoms with van der Waals surface area (Å²) in [5.74, 6) is 0.0950. The lowest BCUT2D eigenvalue weighted by Crippen LogP contribution is -2.31. The molecule has 1 aromatic carbocycles. The number of hydrogen-bond donors (Lipinski definition) is 1. The first-order valence-corrected chi connectivity index (χ1v) is 7.86. The van der Waals surface area contributed by atoms with E-state index in [9.17, 15) is 9.18 Å². The van der Waals surface area contributed by atoms with Gasteiger partial charge in [-0.3, -0.25) is 9.78 Å². The topological polar surface area (TPSA) is 51.2 Å². The summed E-state index contributed by atoms with van der Waals surface area (Å²) in [6.45, 7) is 2.01. The predicted molar refractivity (Wildman–Crippen MR) is 82.5 cm³/mol. The van der Waals surface area contributed by atoms with E-state index in [1.165, 1.54) is 12.1 Å². The summed E-state index contributed by atoms with van der Waals surface area (Å²) in [4.78, 5) is 16.9. The Labute approximate surface area is 133 Å². The lowest BCUT2D eigenvalue weighted by atomic mass is 10.1. The second-order valence-electron chi connectivity index (χ2n) is 6.04. The summed E-state index contributed by atoms with van der Waals surface area (Å²) in [5, 5.41) is 3.04. The summed E-state index contributed by atoms with van der Waals surface area (Å²) in [7, 11) is 0. The van der Waals surface area contributed by atoms with Gasteiger partial charge in [0.25, 0.3) is 0 Å². The first-order valence-electron chi connectivity index (χ1n) is 7.86. The second kappa shape index (κ2) is 5.33. The Morgan fingerprint density at radius 1 is 1.39 bits per heavy atom. The van der Waals surface area contributed by atoms with Gasteiger partial charge in [-0.25, -0.2) is 4.39 Å². The van der Waals surface area contributed by atoms with E-state index >= 15 is 0 Å². The molecule has 0 bridgehead atoms. The Hall–Kier alpha value is -2.43. The van der Waals surface area contributed by atoms with Crippen LogP contribution in [-0.4, -0.2) is 17.0 Å². The van der Waals surface area contributed by atoms with E-state index in [0.717, 1.165) is 17.7 Å². The maximum atomic E-state index is 13.4. The van der Waals surface area contributed by atoms with E-state index in [-0.39, 0.29) is 35.7 Å². The second-order valence-corrected chi connectivity index (χ2v) is 6.04. The Balaban J connectivity index is 1.48. The highest BCUT2D eigenvalue weighted by Crippen LogP contribution is 2.58. The van der Waals surface area contributed by atoms with Crippen molar-refractivity contribution in [1.29, 1.82) is 0 Å². The molecule has 0 saturated heterocycles. The molecule has 1 fully saturated rings. The zero-order chi connectivity index (χ0) is 16.0. The Kier molecular flexibility index (Phi) is 3.29. The number of pyridine rings is 1. The third kappa shape index (κ3) is 2.36. The van der Waals surface area contributed by atoms with Crippen molar-refractivity contribution < 1.29 is 13.9 Å². The van der Waals surface area contributed by atoms with Crippen LogP contribution in [0.2, 0.25) is 0 Å². The smallest absolute Gasteiger partial charge is 0.228 e. The van der Waals surface area contributed by atoms with E-state index in [1.54, 1.807) is 12.3 Å². The molecule has 4 unspecified atom stereocenters. The number of aromatic nitrogens is 1. The molecule has 4 rings (SSSR count). The van der Waals surface area contributed by atoms with Crippen LogP contribution in [0.4, 0.5) is 4.39 Å². The van der Waals surface area contributed by atoms with Gasteiger partial charge >= 0.3 is 0 Å². The number of rotatable bonds is 4. The number of benzene rings is 1. The van der Waals surface area contributed by atoms with Crippen molar-refractivity contribution in [1.82, 2.24) is 10.3 Å². The van der Waals surface area contributed by atoms with Gasteiger partial charge in [-0.05, 0) is 36.8 Å². The van der Waals surface area contributed by atoms with Crippen molar-refractivity contribution in [3.05, 3.63) is 59.7 Å². The molecule has 1 saturated carbocycles. The zero-order valence-corrected chi connectivity index (χ0v) is 12.7. The van der Waals surface area contributed by atoms with Gasteiger partial charge in [-0.1, -0.05) is 13.0 Å². The molecule has 1 aliphatic heterocycles. The van der Waals surface area contributed by atoms with Gasteiger partial charge in [0.05, 0.1) is 17.7 Å². The number of nitrogens with one attached hydrogen (secondary N) is 1. The van der Waals surface area contributed by atoms with Crippen LogP contribution in [-0.2, 0) is 4.79 Å². The molecule has 1 aliphatic carbocycles. The number of hydrogen-bond acceptors (Lipinski definition) is 3. The van der Waals surface area contributed by atoms with E-state index < -0.39 is 0 Å². The van der Waals surface area contributed by atoms with Crippen molar-refractivity contribution in [2.24, 2.45) is 5.92 Å². The average Bonchev–Trinajstić information content (AvgIpc) is 3.17. The van der Waals surface area contributed by atoms with Crippen LogP contribution in [0.25, 0.3) is 0 Å². The van der Waals surface area contributed by atoms with Gasteiger partial charge < -0.3 is 10.1 Å². The van der Waals surface area contributed by atoms with Crippen LogP contribution in [0, 0.1) is 11.7 Å². The summed E-state index contributed by atoms with van der Waals surface area (Å²) in [6.07, 6.45) is 2.32. The summed E-state index contributed by atoms with van der Waals surface area (Å²) in [5.41, 5.74) is 1.66. The molecule has 1 amide bonds. The minimum absolute atomic E-state index is 0.0260. The van der Waals surface area contributed by atoms with Crippen LogP contribution >= 0.6 is 0 Å². The van der Waals surface area contributed by atoms with Crippen LogP contribution in [0.3, 0.4) is 0 Å². The van der Waals surface area contributed by atoms with Gasteiger partial charge in [0, 0.05) is 17.7 Å². The van der Waals surface area contributed by atoms with Crippen molar-refractivity contribution in [2.75, 3.05) is 0 Å². The Morgan fingerprint density at radius 3 is 3.00 bits per heavy atom. The lowest BCUT2D eigenvalue weighted by Gasteiger charge is -2.17. The molecule has 0 spiro atoms. The molecule has 1 N–H and O–H groups in total. The molecule has 2 heterocycles. The molecule has 1 aromatic heterocycles. The maximum Gasteiger partial charge on any atom is 0.228 e. The monoisotopic (exact) mass is 312 g/mol. The minimum Gasteiger partial charge on any atom is -0.489 e. The van der Waals surface area contributed by atoms with E-state index in [1.807, 2.05) is 25.1 Å². The highest BCUT2D eigenvalue weighted by molar-refractivity contribution is 5.85. The largest absolute Gasteiger partial charge is 0.489 e. The van der Waals surface area contributed by atoms with Crippen molar-refractivity contribution >= 4 is 5.91 Å². The zero-order valence-electron chi connectivity index (χ0n) is 12.7.